The molecule has 0 bridgehead atoms. The van der Waals surface area contributed by atoms with Gasteiger partial charge in [-0.2, -0.15) is 31.4 Å². The van der Waals surface area contributed by atoms with E-state index < -0.39 is 35.6 Å². The Balaban J connectivity index is 1.53. The number of halogens is 6. The van der Waals surface area contributed by atoms with Gasteiger partial charge in [0.2, 0.25) is 11.8 Å². The van der Waals surface area contributed by atoms with E-state index in [0.717, 1.165) is 0 Å². The van der Waals surface area contributed by atoms with Gasteiger partial charge in [-0.3, -0.25) is 4.68 Å². The SMILES string of the molecule is CC(C)c1oc(-c2ccn(CCC(C)c3oc(-c4cncn4C)nc3C(F)(F)F)n2)nc1C(F)(F)F. The van der Waals surface area contributed by atoms with Gasteiger partial charge in [-0.05, 0) is 12.5 Å². The first-order valence-electron chi connectivity index (χ1n) is 10.9. The maximum Gasteiger partial charge on any atom is 0.436 e. The number of alkyl halides is 6. The lowest BCUT2D eigenvalue weighted by atomic mass is 10.0. The van der Waals surface area contributed by atoms with Gasteiger partial charge in [-0.15, -0.1) is 0 Å². The van der Waals surface area contributed by atoms with E-state index in [1.807, 2.05) is 0 Å². The highest BCUT2D eigenvalue weighted by Gasteiger charge is 2.41. The van der Waals surface area contributed by atoms with Crippen LogP contribution in [0.4, 0.5) is 26.3 Å². The van der Waals surface area contributed by atoms with E-state index in [4.69, 9.17) is 8.83 Å². The third kappa shape index (κ3) is 5.02. The maximum absolute atomic E-state index is 13.6. The number of nitrogens with zero attached hydrogens (tertiary/aromatic N) is 6. The Morgan fingerprint density at radius 1 is 0.917 bits per heavy atom. The zero-order valence-corrected chi connectivity index (χ0v) is 19.6. The van der Waals surface area contributed by atoms with E-state index in [1.54, 1.807) is 27.8 Å². The quantitative estimate of drug-likeness (QED) is 0.269. The molecule has 1 atom stereocenters. The summed E-state index contributed by atoms with van der Waals surface area (Å²) in [7, 11) is 1.61. The molecule has 0 aliphatic rings. The van der Waals surface area contributed by atoms with Crippen molar-refractivity contribution in [1.29, 1.82) is 0 Å². The molecule has 194 valence electrons. The lowest BCUT2D eigenvalue weighted by Gasteiger charge is -2.11. The molecule has 0 aromatic carbocycles. The second-order valence-electron chi connectivity index (χ2n) is 8.66. The summed E-state index contributed by atoms with van der Waals surface area (Å²) >= 11 is 0. The van der Waals surface area contributed by atoms with Crippen LogP contribution in [0.5, 0.6) is 0 Å². The van der Waals surface area contributed by atoms with Gasteiger partial charge in [0, 0.05) is 31.6 Å². The van der Waals surface area contributed by atoms with Crippen LogP contribution in [-0.4, -0.2) is 29.3 Å². The Morgan fingerprint density at radius 3 is 2.08 bits per heavy atom. The highest BCUT2D eigenvalue weighted by Crippen LogP contribution is 2.39. The summed E-state index contributed by atoms with van der Waals surface area (Å²) in [5, 5.41) is 4.18. The predicted octanol–water partition coefficient (Wildman–Crippen LogP) is 6.28. The molecule has 4 heterocycles. The fourth-order valence-electron chi connectivity index (χ4n) is 3.64. The van der Waals surface area contributed by atoms with Crippen molar-refractivity contribution in [1.82, 2.24) is 29.3 Å². The standard InChI is InChI=1S/C22H22F6N6O2/c1-11(2)15-17(21(23,24)25)30-19(35-15)13-6-8-34(32-13)7-5-12(3)16-18(22(26,27)28)31-20(36-16)14-9-29-10-33(14)4/h6,8-12H,5,7H2,1-4H3. The largest absolute Gasteiger partial charge is 0.439 e. The molecule has 0 amide bonds. The molecule has 4 aromatic heterocycles. The van der Waals surface area contributed by atoms with E-state index in [9.17, 15) is 26.3 Å². The monoisotopic (exact) mass is 516 g/mol. The number of hydrogen-bond donors (Lipinski definition) is 0. The Morgan fingerprint density at radius 2 is 1.53 bits per heavy atom. The van der Waals surface area contributed by atoms with Crippen LogP contribution in [0.15, 0.2) is 33.6 Å². The number of aromatic nitrogens is 6. The van der Waals surface area contributed by atoms with Gasteiger partial charge >= 0.3 is 12.4 Å². The number of imidazole rings is 1. The van der Waals surface area contributed by atoms with Gasteiger partial charge in [-0.1, -0.05) is 20.8 Å². The molecule has 0 fully saturated rings. The van der Waals surface area contributed by atoms with Gasteiger partial charge in [0.25, 0.3) is 0 Å². The van der Waals surface area contributed by atoms with Crippen molar-refractivity contribution >= 4 is 0 Å². The third-order valence-electron chi connectivity index (χ3n) is 5.50. The minimum atomic E-state index is -4.72. The summed E-state index contributed by atoms with van der Waals surface area (Å²) in [5.41, 5.74) is -1.85. The van der Waals surface area contributed by atoms with Crippen molar-refractivity contribution in [3.8, 4) is 23.2 Å². The average Bonchev–Trinajstić information content (AvgIpc) is 3.55. The fraction of sp³-hybridized carbons (Fsp3) is 0.455. The molecule has 0 aliphatic heterocycles. The summed E-state index contributed by atoms with van der Waals surface area (Å²) in [6.45, 7) is 4.83. The number of aryl methyl sites for hydroxylation is 2. The number of oxazole rings is 2. The summed E-state index contributed by atoms with van der Waals surface area (Å²) in [5.74, 6) is -2.35. The van der Waals surface area contributed by atoms with Crippen molar-refractivity contribution in [3.05, 3.63) is 47.7 Å². The molecule has 0 radical (unpaired) electrons. The highest BCUT2D eigenvalue weighted by atomic mass is 19.4. The van der Waals surface area contributed by atoms with Gasteiger partial charge in [0.1, 0.15) is 22.9 Å². The van der Waals surface area contributed by atoms with E-state index in [2.05, 4.69) is 20.1 Å². The molecular weight excluding hydrogens is 494 g/mol. The highest BCUT2D eigenvalue weighted by molar-refractivity contribution is 5.48. The molecule has 0 spiro atoms. The zero-order chi connectivity index (χ0) is 26.4. The van der Waals surface area contributed by atoms with Crippen molar-refractivity contribution in [2.24, 2.45) is 7.05 Å². The van der Waals surface area contributed by atoms with Gasteiger partial charge in [0.15, 0.2) is 11.4 Å². The van der Waals surface area contributed by atoms with E-state index >= 15 is 0 Å². The normalized spacial score (nSPS) is 13.6. The molecular formula is C22H22F6N6O2. The van der Waals surface area contributed by atoms with Crippen LogP contribution in [0, 0.1) is 0 Å². The summed E-state index contributed by atoms with van der Waals surface area (Å²) in [4.78, 5) is 11.1. The molecule has 1 unspecified atom stereocenters. The summed E-state index contributed by atoms with van der Waals surface area (Å²) in [6.07, 6.45) is -4.97. The molecule has 4 rings (SSSR count). The first kappa shape index (κ1) is 25.5. The Labute approximate surface area is 201 Å². The van der Waals surface area contributed by atoms with Crippen LogP contribution in [0.25, 0.3) is 23.2 Å². The maximum atomic E-state index is 13.6. The van der Waals surface area contributed by atoms with Gasteiger partial charge in [-0.25, -0.2) is 15.0 Å². The lowest BCUT2D eigenvalue weighted by molar-refractivity contribution is -0.143. The second-order valence-corrected chi connectivity index (χ2v) is 8.66. The van der Waals surface area contributed by atoms with Gasteiger partial charge in [0.05, 0.1) is 12.5 Å². The molecule has 4 aromatic rings. The number of hydrogen-bond acceptors (Lipinski definition) is 6. The minimum absolute atomic E-state index is 0.0780. The Bertz CT molecular complexity index is 1340. The predicted molar refractivity (Wildman–Crippen MR) is 114 cm³/mol. The molecule has 36 heavy (non-hydrogen) atoms. The van der Waals surface area contributed by atoms with Crippen LogP contribution in [0.3, 0.4) is 0 Å². The molecule has 0 aliphatic carbocycles. The van der Waals surface area contributed by atoms with Gasteiger partial charge < -0.3 is 13.4 Å². The zero-order valence-electron chi connectivity index (χ0n) is 19.6. The Kier molecular flexibility index (Phi) is 6.47. The van der Waals surface area contributed by atoms with Crippen LogP contribution in [0.2, 0.25) is 0 Å². The van der Waals surface area contributed by atoms with Crippen LogP contribution >= 0.6 is 0 Å². The molecule has 8 nitrogen and oxygen atoms in total. The van der Waals surface area contributed by atoms with E-state index in [1.165, 1.54) is 34.0 Å². The summed E-state index contributed by atoms with van der Waals surface area (Å²) < 4.78 is 94.5. The van der Waals surface area contributed by atoms with Crippen molar-refractivity contribution in [3.63, 3.8) is 0 Å². The van der Waals surface area contributed by atoms with Crippen molar-refractivity contribution in [2.75, 3.05) is 0 Å². The van der Waals surface area contributed by atoms with Crippen LogP contribution < -0.4 is 0 Å². The molecule has 0 saturated heterocycles. The minimum Gasteiger partial charge on any atom is -0.439 e. The summed E-state index contributed by atoms with van der Waals surface area (Å²) in [6, 6.07) is 1.43. The molecule has 14 heteroatoms. The Hall–Kier alpha value is -3.58. The second kappa shape index (κ2) is 9.13. The van der Waals surface area contributed by atoms with E-state index in [-0.39, 0.29) is 42.0 Å². The molecule has 0 saturated carbocycles. The van der Waals surface area contributed by atoms with Crippen molar-refractivity contribution < 1.29 is 35.2 Å². The fourth-order valence-corrected chi connectivity index (χ4v) is 3.64. The topological polar surface area (TPSA) is 87.7 Å². The van der Waals surface area contributed by atoms with Crippen LogP contribution in [-0.2, 0) is 25.9 Å². The lowest BCUT2D eigenvalue weighted by Crippen LogP contribution is -2.11. The van der Waals surface area contributed by atoms with E-state index in [0.29, 0.717) is 5.69 Å². The third-order valence-corrected chi connectivity index (χ3v) is 5.50. The number of rotatable bonds is 7. The van der Waals surface area contributed by atoms with Crippen LogP contribution in [0.1, 0.15) is 61.9 Å². The van der Waals surface area contributed by atoms with Crippen molar-refractivity contribution in [2.45, 2.75) is 57.9 Å². The smallest absolute Gasteiger partial charge is 0.436 e. The average molecular weight is 516 g/mol. The first-order valence-corrected chi connectivity index (χ1v) is 10.9. The molecule has 0 N–H and O–H groups in total. The first-order chi connectivity index (χ1) is 16.8.